The minimum absolute atomic E-state index is 0.0787. The van der Waals surface area contributed by atoms with Crippen LogP contribution in [0.4, 0.5) is 4.39 Å². The number of ether oxygens (including phenoxy) is 1. The highest BCUT2D eigenvalue weighted by molar-refractivity contribution is 5.85. The van der Waals surface area contributed by atoms with E-state index in [2.05, 4.69) is 0 Å². The summed E-state index contributed by atoms with van der Waals surface area (Å²) in [6, 6.07) is 6.17. The van der Waals surface area contributed by atoms with Gasteiger partial charge in [0.1, 0.15) is 12.4 Å². The summed E-state index contributed by atoms with van der Waals surface area (Å²) in [5.74, 6) is -0.546. The van der Waals surface area contributed by atoms with Crippen LogP contribution < -0.4 is 10.3 Å². The normalized spacial score (nSPS) is 10.6. The highest BCUT2D eigenvalue weighted by atomic mass is 19.1. The van der Waals surface area contributed by atoms with Crippen molar-refractivity contribution in [2.75, 3.05) is 6.61 Å². The Labute approximate surface area is 103 Å². The number of hydrogen-bond donors (Lipinski definition) is 0. The smallest absolute Gasteiger partial charge is 0.286 e. The monoisotopic (exact) mass is 249 g/mol. The second-order valence-electron chi connectivity index (χ2n) is 4.04. The van der Waals surface area contributed by atoms with Crippen molar-refractivity contribution >= 4 is 16.7 Å². The standard InChI is InChI=1S/C13H12FNO3/c1-8(16)7-18-11-5-3-4-9-6-10(14)13(17)15(2)12(9)11/h3-6H,7H2,1-2H3. The Hall–Kier alpha value is -2.17. The minimum atomic E-state index is -0.811. The largest absolute Gasteiger partial charge is 0.484 e. The maximum absolute atomic E-state index is 13.3. The maximum Gasteiger partial charge on any atom is 0.286 e. The fraction of sp³-hybridized carbons (Fsp3) is 0.231. The molecule has 94 valence electrons. The molecule has 0 spiro atoms. The van der Waals surface area contributed by atoms with Crippen molar-refractivity contribution in [3.05, 3.63) is 40.4 Å². The molecule has 0 fully saturated rings. The number of ketones is 1. The van der Waals surface area contributed by atoms with E-state index in [0.717, 1.165) is 6.07 Å². The van der Waals surface area contributed by atoms with Gasteiger partial charge in [-0.05, 0) is 19.1 Å². The number of carbonyl (C=O) groups is 1. The third kappa shape index (κ3) is 2.11. The third-order valence-electron chi connectivity index (χ3n) is 2.59. The van der Waals surface area contributed by atoms with Crippen LogP contribution in [0.15, 0.2) is 29.1 Å². The van der Waals surface area contributed by atoms with E-state index >= 15 is 0 Å². The van der Waals surface area contributed by atoms with Crippen molar-refractivity contribution in [1.29, 1.82) is 0 Å². The Bertz CT molecular complexity index is 676. The Kier molecular flexibility index (Phi) is 3.14. The maximum atomic E-state index is 13.3. The Morgan fingerprint density at radius 3 is 2.83 bits per heavy atom. The highest BCUT2D eigenvalue weighted by Gasteiger charge is 2.10. The number of hydrogen-bond acceptors (Lipinski definition) is 3. The van der Waals surface area contributed by atoms with Crippen LogP contribution in [-0.2, 0) is 11.8 Å². The fourth-order valence-electron chi connectivity index (χ4n) is 1.77. The molecule has 0 N–H and O–H groups in total. The predicted octanol–water partition coefficient (Wildman–Crippen LogP) is 1.65. The molecule has 4 nitrogen and oxygen atoms in total. The average molecular weight is 249 g/mol. The van der Waals surface area contributed by atoms with E-state index in [1.165, 1.54) is 18.5 Å². The molecule has 0 radical (unpaired) electrons. The molecule has 1 aromatic carbocycles. The minimum Gasteiger partial charge on any atom is -0.484 e. The summed E-state index contributed by atoms with van der Waals surface area (Å²) >= 11 is 0. The van der Waals surface area contributed by atoms with Gasteiger partial charge in [-0.15, -0.1) is 0 Å². The van der Waals surface area contributed by atoms with Gasteiger partial charge in [0.05, 0.1) is 5.52 Å². The number of halogens is 1. The second kappa shape index (κ2) is 4.60. The van der Waals surface area contributed by atoms with Gasteiger partial charge in [-0.25, -0.2) is 4.39 Å². The second-order valence-corrected chi connectivity index (χ2v) is 4.04. The summed E-state index contributed by atoms with van der Waals surface area (Å²) in [5, 5.41) is 0.552. The molecule has 0 saturated heterocycles. The van der Waals surface area contributed by atoms with Gasteiger partial charge in [-0.3, -0.25) is 9.59 Å². The van der Waals surface area contributed by atoms with Crippen LogP contribution in [0.2, 0.25) is 0 Å². The molecule has 1 heterocycles. The van der Waals surface area contributed by atoms with Crippen LogP contribution in [-0.4, -0.2) is 17.0 Å². The van der Waals surface area contributed by atoms with Crippen molar-refractivity contribution in [1.82, 2.24) is 4.57 Å². The van der Waals surface area contributed by atoms with Crippen LogP contribution in [0.1, 0.15) is 6.92 Å². The first-order chi connectivity index (χ1) is 8.50. The third-order valence-corrected chi connectivity index (χ3v) is 2.59. The van der Waals surface area contributed by atoms with Gasteiger partial charge in [0, 0.05) is 12.4 Å². The van der Waals surface area contributed by atoms with E-state index in [1.54, 1.807) is 18.2 Å². The molecule has 0 saturated carbocycles. The Morgan fingerprint density at radius 2 is 2.17 bits per heavy atom. The summed E-state index contributed by atoms with van der Waals surface area (Å²) in [7, 11) is 1.47. The molecule has 2 aromatic rings. The number of benzene rings is 1. The number of para-hydroxylation sites is 1. The van der Waals surface area contributed by atoms with Crippen molar-refractivity contribution in [3.63, 3.8) is 0 Å². The SMILES string of the molecule is CC(=O)COc1cccc2cc(F)c(=O)n(C)c12. The van der Waals surface area contributed by atoms with Gasteiger partial charge < -0.3 is 9.30 Å². The summed E-state index contributed by atoms with van der Waals surface area (Å²) in [5.41, 5.74) is -0.244. The lowest BCUT2D eigenvalue weighted by Gasteiger charge is -2.11. The Balaban J connectivity index is 2.64. The summed E-state index contributed by atoms with van der Waals surface area (Å²) < 4.78 is 19.8. The first-order valence-electron chi connectivity index (χ1n) is 5.41. The zero-order valence-corrected chi connectivity index (χ0v) is 10.1. The van der Waals surface area contributed by atoms with E-state index in [4.69, 9.17) is 4.74 Å². The number of fused-ring (bicyclic) bond motifs is 1. The first kappa shape index (κ1) is 12.3. The van der Waals surface area contributed by atoms with E-state index < -0.39 is 11.4 Å². The van der Waals surface area contributed by atoms with Crippen LogP contribution in [0.3, 0.4) is 0 Å². The number of rotatable bonds is 3. The van der Waals surface area contributed by atoms with Crippen molar-refractivity contribution in [2.45, 2.75) is 6.92 Å². The summed E-state index contributed by atoms with van der Waals surface area (Å²) in [6.07, 6.45) is 0. The van der Waals surface area contributed by atoms with E-state index in [0.29, 0.717) is 16.7 Å². The lowest BCUT2D eigenvalue weighted by Crippen LogP contribution is -2.21. The van der Waals surface area contributed by atoms with Gasteiger partial charge in [0.15, 0.2) is 11.6 Å². The number of aromatic nitrogens is 1. The van der Waals surface area contributed by atoms with E-state index in [-0.39, 0.29) is 12.4 Å². The lowest BCUT2D eigenvalue weighted by atomic mass is 10.2. The van der Waals surface area contributed by atoms with Gasteiger partial charge in [-0.2, -0.15) is 0 Å². The number of nitrogens with zero attached hydrogens (tertiary/aromatic N) is 1. The molecule has 0 amide bonds. The quantitative estimate of drug-likeness (QED) is 0.831. The first-order valence-corrected chi connectivity index (χ1v) is 5.41. The topological polar surface area (TPSA) is 48.3 Å². The van der Waals surface area contributed by atoms with Crippen molar-refractivity contribution < 1.29 is 13.9 Å². The number of Topliss-reactive ketones (excluding diaryl/α,β-unsaturated/α-hetero) is 1. The molecule has 0 aliphatic carbocycles. The van der Waals surface area contributed by atoms with Gasteiger partial charge in [0.25, 0.3) is 5.56 Å². The van der Waals surface area contributed by atoms with Crippen LogP contribution >= 0.6 is 0 Å². The zero-order valence-electron chi connectivity index (χ0n) is 10.1. The molecule has 0 aliphatic heterocycles. The van der Waals surface area contributed by atoms with Crippen molar-refractivity contribution in [3.8, 4) is 5.75 Å². The number of pyridine rings is 1. The molecular formula is C13H12FNO3. The molecule has 0 aliphatic rings. The molecule has 0 unspecified atom stereocenters. The summed E-state index contributed by atoms with van der Waals surface area (Å²) in [6.45, 7) is 1.33. The highest BCUT2D eigenvalue weighted by Crippen LogP contribution is 2.24. The molecule has 0 bridgehead atoms. The fourth-order valence-corrected chi connectivity index (χ4v) is 1.77. The number of carbonyl (C=O) groups excluding carboxylic acids is 1. The lowest BCUT2D eigenvalue weighted by molar-refractivity contribution is -0.118. The zero-order chi connectivity index (χ0) is 13.3. The molecule has 18 heavy (non-hydrogen) atoms. The average Bonchev–Trinajstić information content (AvgIpc) is 2.33. The molecule has 0 atom stereocenters. The summed E-state index contributed by atoms with van der Waals surface area (Å²) in [4.78, 5) is 22.4. The molecule has 2 rings (SSSR count). The Morgan fingerprint density at radius 1 is 1.44 bits per heavy atom. The molecule has 5 heteroatoms. The van der Waals surface area contributed by atoms with Crippen molar-refractivity contribution in [2.24, 2.45) is 7.05 Å². The predicted molar refractivity (Wildman–Crippen MR) is 65.3 cm³/mol. The van der Waals surface area contributed by atoms with Crippen LogP contribution in [0, 0.1) is 5.82 Å². The van der Waals surface area contributed by atoms with E-state index in [9.17, 15) is 14.0 Å². The van der Waals surface area contributed by atoms with Gasteiger partial charge in [0.2, 0.25) is 0 Å². The number of aryl methyl sites for hydroxylation is 1. The molecular weight excluding hydrogens is 237 g/mol. The van der Waals surface area contributed by atoms with Crippen LogP contribution in [0.5, 0.6) is 5.75 Å². The van der Waals surface area contributed by atoms with E-state index in [1.807, 2.05) is 0 Å². The van der Waals surface area contributed by atoms with Gasteiger partial charge in [-0.1, -0.05) is 12.1 Å². The van der Waals surface area contributed by atoms with Gasteiger partial charge >= 0.3 is 0 Å². The molecule has 1 aromatic heterocycles. The van der Waals surface area contributed by atoms with Crippen LogP contribution in [0.25, 0.3) is 10.9 Å².